The van der Waals surface area contributed by atoms with Crippen molar-refractivity contribution in [3.05, 3.63) is 168 Å². The zero-order chi connectivity index (χ0) is 28.8. The third kappa shape index (κ3) is 3.92. The van der Waals surface area contributed by atoms with Crippen molar-refractivity contribution < 1.29 is 0 Å². The summed E-state index contributed by atoms with van der Waals surface area (Å²) in [6, 6.07) is 42.0. The van der Waals surface area contributed by atoms with Crippen molar-refractivity contribution in [1.29, 1.82) is 0 Å². The van der Waals surface area contributed by atoms with Crippen LogP contribution < -0.4 is 0 Å². The van der Waals surface area contributed by atoms with Gasteiger partial charge in [-0.05, 0) is 102 Å². The lowest BCUT2D eigenvalue weighted by atomic mass is 9.73. The first-order valence-corrected chi connectivity index (χ1v) is 14.8. The van der Waals surface area contributed by atoms with Crippen LogP contribution in [0.4, 0.5) is 0 Å². The molecular weight excluding hydrogens is 506 g/mol. The number of benzene rings is 5. The highest BCUT2D eigenvalue weighted by molar-refractivity contribution is 6.12. The number of hydrogen-bond acceptors (Lipinski definition) is 0. The molecular formula is C41H35N. The monoisotopic (exact) mass is 541 g/mol. The van der Waals surface area contributed by atoms with Crippen molar-refractivity contribution in [2.75, 3.05) is 0 Å². The number of aromatic nitrogens is 1. The van der Waals surface area contributed by atoms with Gasteiger partial charge in [-0.1, -0.05) is 110 Å². The molecule has 1 heterocycles. The van der Waals surface area contributed by atoms with Gasteiger partial charge in [0.15, 0.2) is 0 Å². The molecule has 0 fully saturated rings. The van der Waals surface area contributed by atoms with Crippen LogP contribution in [0.25, 0.3) is 44.2 Å². The summed E-state index contributed by atoms with van der Waals surface area (Å²) < 4.78 is 2.44. The third-order valence-corrected chi connectivity index (χ3v) is 9.16. The quantitative estimate of drug-likeness (QED) is 0.191. The third-order valence-electron chi connectivity index (χ3n) is 9.16. The van der Waals surface area contributed by atoms with Crippen LogP contribution in [0.15, 0.2) is 146 Å². The van der Waals surface area contributed by atoms with E-state index in [0.717, 1.165) is 6.42 Å². The number of aryl methyl sites for hydroxylation is 1. The van der Waals surface area contributed by atoms with Crippen molar-refractivity contribution in [2.45, 2.75) is 32.6 Å². The molecule has 0 radical (unpaired) electrons. The zero-order valence-corrected chi connectivity index (χ0v) is 24.6. The van der Waals surface area contributed by atoms with Gasteiger partial charge in [0.25, 0.3) is 0 Å². The second kappa shape index (κ2) is 10.2. The van der Waals surface area contributed by atoms with Crippen molar-refractivity contribution in [2.24, 2.45) is 0 Å². The van der Waals surface area contributed by atoms with E-state index in [2.05, 4.69) is 159 Å². The van der Waals surface area contributed by atoms with Crippen LogP contribution in [-0.2, 0) is 5.41 Å². The summed E-state index contributed by atoms with van der Waals surface area (Å²) in [5.74, 6) is 0. The Balaban J connectivity index is 1.55. The second-order valence-corrected chi connectivity index (χ2v) is 11.5. The minimum absolute atomic E-state index is 0.330. The molecule has 5 aromatic carbocycles. The van der Waals surface area contributed by atoms with Gasteiger partial charge in [-0.15, -0.1) is 0 Å². The number of hydrogen-bond donors (Lipinski definition) is 0. The predicted octanol–water partition coefficient (Wildman–Crippen LogP) is 11.0. The van der Waals surface area contributed by atoms with Crippen LogP contribution in [0.3, 0.4) is 0 Å². The van der Waals surface area contributed by atoms with Crippen LogP contribution in [0.5, 0.6) is 0 Å². The summed E-state index contributed by atoms with van der Waals surface area (Å²) >= 11 is 0. The SMILES string of the molecule is C=C1/C(=C\C/C=C/C)c2cc3c4ccccc4n(-c4cccc(-c5ccccc5)c4)c3cc2C1(C)c1ccccc1C. The maximum Gasteiger partial charge on any atom is 0.0544 e. The second-order valence-electron chi connectivity index (χ2n) is 11.5. The van der Waals surface area contributed by atoms with E-state index in [9.17, 15) is 0 Å². The molecule has 42 heavy (non-hydrogen) atoms. The Bertz CT molecular complexity index is 2050. The number of para-hydroxylation sites is 1. The van der Waals surface area contributed by atoms with Crippen LogP contribution >= 0.6 is 0 Å². The number of fused-ring (bicyclic) bond motifs is 4. The van der Waals surface area contributed by atoms with Gasteiger partial charge in [0.1, 0.15) is 0 Å². The first kappa shape index (κ1) is 26.0. The Morgan fingerprint density at radius 1 is 0.714 bits per heavy atom. The van der Waals surface area contributed by atoms with E-state index in [1.165, 1.54) is 72.0 Å². The Hall–Kier alpha value is -4.88. The van der Waals surface area contributed by atoms with Crippen LogP contribution in [-0.4, -0.2) is 4.57 Å². The molecule has 1 aliphatic rings. The molecule has 1 heteroatoms. The summed E-state index contributed by atoms with van der Waals surface area (Å²) in [5.41, 5.74) is 13.4. The van der Waals surface area contributed by atoms with E-state index in [1.807, 2.05) is 0 Å². The highest BCUT2D eigenvalue weighted by Crippen LogP contribution is 2.55. The fraction of sp³-hybridized carbons (Fsp3) is 0.122. The zero-order valence-electron chi connectivity index (χ0n) is 24.6. The molecule has 0 aliphatic heterocycles. The normalized spacial score (nSPS) is 17.6. The fourth-order valence-corrected chi connectivity index (χ4v) is 6.98. The average molecular weight is 542 g/mol. The molecule has 0 N–H and O–H groups in total. The molecule has 0 saturated carbocycles. The van der Waals surface area contributed by atoms with Gasteiger partial charge in [-0.2, -0.15) is 0 Å². The van der Waals surface area contributed by atoms with Crippen molar-refractivity contribution in [1.82, 2.24) is 4.57 Å². The van der Waals surface area contributed by atoms with Gasteiger partial charge in [-0.3, -0.25) is 0 Å². The van der Waals surface area contributed by atoms with Gasteiger partial charge in [0.05, 0.1) is 11.0 Å². The van der Waals surface area contributed by atoms with Crippen molar-refractivity contribution in [3.63, 3.8) is 0 Å². The lowest BCUT2D eigenvalue weighted by molar-refractivity contribution is 0.711. The summed E-state index contributed by atoms with van der Waals surface area (Å²) in [7, 11) is 0. The van der Waals surface area contributed by atoms with Crippen LogP contribution in [0, 0.1) is 6.92 Å². The molecule has 1 atom stereocenters. The van der Waals surface area contributed by atoms with Gasteiger partial charge in [0, 0.05) is 21.9 Å². The topological polar surface area (TPSA) is 4.93 Å². The molecule has 0 saturated heterocycles. The molecule has 1 unspecified atom stereocenters. The van der Waals surface area contributed by atoms with Gasteiger partial charge in [0.2, 0.25) is 0 Å². The minimum atomic E-state index is -0.330. The van der Waals surface area contributed by atoms with Crippen molar-refractivity contribution in [3.8, 4) is 16.8 Å². The van der Waals surface area contributed by atoms with E-state index < -0.39 is 0 Å². The first-order chi connectivity index (χ1) is 20.5. The summed E-state index contributed by atoms with van der Waals surface area (Å²) in [6.45, 7) is 11.4. The highest BCUT2D eigenvalue weighted by Gasteiger charge is 2.43. The lowest BCUT2D eigenvalue weighted by Gasteiger charge is -2.30. The summed E-state index contributed by atoms with van der Waals surface area (Å²) in [4.78, 5) is 0. The predicted molar refractivity (Wildman–Crippen MR) is 180 cm³/mol. The largest absolute Gasteiger partial charge is 0.309 e. The molecule has 1 aromatic heterocycles. The van der Waals surface area contributed by atoms with E-state index >= 15 is 0 Å². The highest BCUT2D eigenvalue weighted by atomic mass is 15.0. The average Bonchev–Trinajstić information content (AvgIpc) is 3.46. The molecule has 0 bridgehead atoms. The summed E-state index contributed by atoms with van der Waals surface area (Å²) in [5, 5.41) is 2.54. The molecule has 0 amide bonds. The molecule has 1 aliphatic carbocycles. The standard InChI is InChI=1S/C41H35N/c1-5-6-8-21-33-29(3)41(4,37-23-13-11-16-28(37)2)38-27-40-36(26-35(33)38)34-22-12-14-24-39(34)42(40)32-20-15-19-31(25-32)30-17-9-7-10-18-30/h5-7,9-27H,3,8H2,1-2,4H3/b6-5+,33-21+. The minimum Gasteiger partial charge on any atom is -0.309 e. The van der Waals surface area contributed by atoms with Gasteiger partial charge < -0.3 is 4.57 Å². The lowest BCUT2D eigenvalue weighted by Crippen LogP contribution is -2.23. The van der Waals surface area contributed by atoms with E-state index in [1.54, 1.807) is 0 Å². The fourth-order valence-electron chi connectivity index (χ4n) is 6.98. The number of allylic oxidation sites excluding steroid dienone is 5. The van der Waals surface area contributed by atoms with E-state index in [-0.39, 0.29) is 5.41 Å². The van der Waals surface area contributed by atoms with Gasteiger partial charge >= 0.3 is 0 Å². The van der Waals surface area contributed by atoms with Gasteiger partial charge in [-0.25, -0.2) is 0 Å². The smallest absolute Gasteiger partial charge is 0.0544 e. The maximum atomic E-state index is 4.76. The van der Waals surface area contributed by atoms with Crippen LogP contribution in [0.2, 0.25) is 0 Å². The molecule has 204 valence electrons. The van der Waals surface area contributed by atoms with E-state index in [0.29, 0.717) is 0 Å². The first-order valence-electron chi connectivity index (χ1n) is 14.8. The molecule has 6 aromatic rings. The molecule has 0 spiro atoms. The summed E-state index contributed by atoms with van der Waals surface area (Å²) in [6.07, 6.45) is 7.59. The van der Waals surface area contributed by atoms with E-state index in [4.69, 9.17) is 6.58 Å². The Labute approximate surface area is 248 Å². The maximum absolute atomic E-state index is 4.76. The number of nitrogens with zero attached hydrogens (tertiary/aromatic N) is 1. The van der Waals surface area contributed by atoms with Crippen LogP contribution in [0.1, 0.15) is 42.5 Å². The molecule has 7 rings (SSSR count). The van der Waals surface area contributed by atoms with Crippen molar-refractivity contribution >= 4 is 27.4 Å². The Morgan fingerprint density at radius 3 is 2.26 bits per heavy atom. The number of rotatable bonds is 5. The molecule has 1 nitrogen and oxygen atoms in total. The Morgan fingerprint density at radius 2 is 1.45 bits per heavy atom. The Kier molecular flexibility index (Phi) is 6.32.